The van der Waals surface area contributed by atoms with Crippen molar-refractivity contribution < 1.29 is 0 Å². The lowest BCUT2D eigenvalue weighted by Gasteiger charge is -2.10. The Kier molecular flexibility index (Phi) is 3.87. The molecule has 0 heterocycles. The lowest BCUT2D eigenvalue weighted by Crippen LogP contribution is -2.04. The zero-order valence-corrected chi connectivity index (χ0v) is 9.49. The van der Waals surface area contributed by atoms with Gasteiger partial charge < -0.3 is 0 Å². The maximum Gasteiger partial charge on any atom is 0.0720 e. The van der Waals surface area contributed by atoms with Crippen molar-refractivity contribution in [2.24, 2.45) is 10.9 Å². The molecule has 0 spiro atoms. The largest absolute Gasteiger partial charge is 0.286 e. The molecule has 1 atom stereocenters. The molecule has 1 aromatic carbocycles. The van der Waals surface area contributed by atoms with Crippen molar-refractivity contribution in [3.05, 3.63) is 35.9 Å². The van der Waals surface area contributed by atoms with Crippen molar-refractivity contribution in [3.8, 4) is 0 Å². The monoisotopic (exact) mass is 189 g/mol. The molecule has 0 aliphatic carbocycles. The van der Waals surface area contributed by atoms with Crippen molar-refractivity contribution >= 4 is 5.71 Å². The zero-order chi connectivity index (χ0) is 10.6. The smallest absolute Gasteiger partial charge is 0.0720 e. The van der Waals surface area contributed by atoms with Gasteiger partial charge in [0.25, 0.3) is 0 Å². The Balaban J connectivity index is 2.77. The van der Waals surface area contributed by atoms with E-state index in [0.717, 1.165) is 0 Å². The Morgan fingerprint density at radius 2 is 1.64 bits per heavy atom. The van der Waals surface area contributed by atoms with E-state index in [2.05, 4.69) is 57.0 Å². The minimum Gasteiger partial charge on any atom is -0.286 e. The van der Waals surface area contributed by atoms with Gasteiger partial charge in [-0.05, 0) is 25.3 Å². The Morgan fingerprint density at radius 3 is 2.14 bits per heavy atom. The van der Waals surface area contributed by atoms with Crippen LogP contribution in [0.15, 0.2) is 35.3 Å². The highest BCUT2D eigenvalue weighted by atomic mass is 14.8. The van der Waals surface area contributed by atoms with Crippen LogP contribution in [0.25, 0.3) is 0 Å². The van der Waals surface area contributed by atoms with Gasteiger partial charge in [-0.15, -0.1) is 0 Å². The fraction of sp³-hybridized carbons (Fsp3) is 0.462. The first-order valence-electron chi connectivity index (χ1n) is 5.20. The van der Waals surface area contributed by atoms with Crippen molar-refractivity contribution in [1.29, 1.82) is 0 Å². The third kappa shape index (κ3) is 2.99. The lowest BCUT2D eigenvalue weighted by molar-refractivity contribution is 0.783. The summed E-state index contributed by atoms with van der Waals surface area (Å²) in [6.45, 7) is 8.60. The number of aliphatic imine (C=N–C) groups is 1. The molecule has 0 saturated heterocycles. The van der Waals surface area contributed by atoms with E-state index in [1.807, 2.05) is 6.07 Å². The van der Waals surface area contributed by atoms with E-state index in [0.29, 0.717) is 5.92 Å². The van der Waals surface area contributed by atoms with E-state index in [4.69, 9.17) is 0 Å². The van der Waals surface area contributed by atoms with Crippen molar-refractivity contribution in [3.63, 3.8) is 0 Å². The van der Waals surface area contributed by atoms with Crippen molar-refractivity contribution in [1.82, 2.24) is 0 Å². The molecule has 0 saturated carbocycles. The molecule has 0 unspecified atom stereocenters. The number of nitrogens with zero attached hydrogens (tertiary/aromatic N) is 1. The lowest BCUT2D eigenvalue weighted by atomic mass is 10.1. The predicted molar refractivity (Wildman–Crippen MR) is 62.8 cm³/mol. The summed E-state index contributed by atoms with van der Waals surface area (Å²) in [5.74, 6) is 0.543. The Bertz CT molecular complexity index is 298. The summed E-state index contributed by atoms with van der Waals surface area (Å²) in [7, 11) is 0. The van der Waals surface area contributed by atoms with Crippen LogP contribution in [-0.2, 0) is 0 Å². The average molecular weight is 189 g/mol. The van der Waals surface area contributed by atoms with Gasteiger partial charge in [-0.3, -0.25) is 4.99 Å². The number of hydrogen-bond acceptors (Lipinski definition) is 1. The van der Waals surface area contributed by atoms with Crippen LogP contribution in [0.5, 0.6) is 0 Å². The highest BCUT2D eigenvalue weighted by molar-refractivity contribution is 5.83. The molecule has 0 fully saturated rings. The number of rotatable bonds is 3. The summed E-state index contributed by atoms with van der Waals surface area (Å²) >= 11 is 0. The van der Waals surface area contributed by atoms with Crippen LogP contribution in [0.2, 0.25) is 0 Å². The Hall–Kier alpha value is -1.11. The quantitative estimate of drug-likeness (QED) is 0.640. The maximum atomic E-state index is 4.66. The predicted octanol–water partition coefficient (Wildman–Crippen LogP) is 3.86. The topological polar surface area (TPSA) is 12.4 Å². The molecule has 0 aliphatic rings. The van der Waals surface area contributed by atoms with Crippen LogP contribution in [0, 0.1) is 5.92 Å². The van der Waals surface area contributed by atoms with Gasteiger partial charge >= 0.3 is 0 Å². The summed E-state index contributed by atoms with van der Waals surface area (Å²) in [6.07, 6.45) is 0. The summed E-state index contributed by atoms with van der Waals surface area (Å²) in [4.78, 5) is 4.66. The third-order valence-corrected chi connectivity index (χ3v) is 2.51. The summed E-state index contributed by atoms with van der Waals surface area (Å²) in [6, 6.07) is 10.7. The van der Waals surface area contributed by atoms with E-state index in [9.17, 15) is 0 Å². The summed E-state index contributed by atoms with van der Waals surface area (Å²) in [5.41, 5.74) is 2.51. The van der Waals surface area contributed by atoms with E-state index in [-0.39, 0.29) is 6.04 Å². The van der Waals surface area contributed by atoms with E-state index < -0.39 is 0 Å². The first kappa shape index (κ1) is 11.0. The SMILES string of the molecule is CC(=N[C@H](C)c1ccccc1)C(C)C. The normalized spacial score (nSPS) is 14.5. The van der Waals surface area contributed by atoms with Crippen LogP contribution < -0.4 is 0 Å². The molecule has 76 valence electrons. The molecule has 1 rings (SSSR count). The standard InChI is InChI=1S/C13H19N/c1-10(2)11(3)14-12(4)13-8-6-5-7-9-13/h5-10,12H,1-4H3/t12-/m1/s1. The van der Waals surface area contributed by atoms with Crippen molar-refractivity contribution in [2.75, 3.05) is 0 Å². The van der Waals surface area contributed by atoms with E-state index >= 15 is 0 Å². The highest BCUT2D eigenvalue weighted by Crippen LogP contribution is 2.17. The number of benzene rings is 1. The Morgan fingerprint density at radius 1 is 1.07 bits per heavy atom. The molecular weight excluding hydrogens is 170 g/mol. The van der Waals surface area contributed by atoms with Gasteiger partial charge in [0, 0.05) is 5.71 Å². The molecule has 0 aromatic heterocycles. The molecule has 0 radical (unpaired) electrons. The molecular formula is C13H19N. The van der Waals surface area contributed by atoms with Gasteiger partial charge in [0.05, 0.1) is 6.04 Å². The van der Waals surface area contributed by atoms with Crippen molar-refractivity contribution in [2.45, 2.75) is 33.7 Å². The number of hydrogen-bond donors (Lipinski definition) is 0. The molecule has 1 heteroatoms. The minimum absolute atomic E-state index is 0.276. The van der Waals surface area contributed by atoms with Crippen LogP contribution >= 0.6 is 0 Å². The first-order chi connectivity index (χ1) is 6.61. The van der Waals surface area contributed by atoms with Crippen LogP contribution in [0.3, 0.4) is 0 Å². The van der Waals surface area contributed by atoms with Gasteiger partial charge in [0.1, 0.15) is 0 Å². The molecule has 0 N–H and O–H groups in total. The first-order valence-corrected chi connectivity index (χ1v) is 5.20. The van der Waals surface area contributed by atoms with Crippen LogP contribution in [0.4, 0.5) is 0 Å². The second-order valence-electron chi connectivity index (χ2n) is 4.01. The fourth-order valence-electron chi connectivity index (χ4n) is 1.26. The van der Waals surface area contributed by atoms with E-state index in [1.54, 1.807) is 0 Å². The summed E-state index contributed by atoms with van der Waals surface area (Å²) in [5, 5.41) is 0. The molecule has 1 nitrogen and oxygen atoms in total. The maximum absolute atomic E-state index is 4.66. The van der Waals surface area contributed by atoms with Gasteiger partial charge in [-0.2, -0.15) is 0 Å². The van der Waals surface area contributed by atoms with Crippen LogP contribution in [-0.4, -0.2) is 5.71 Å². The van der Waals surface area contributed by atoms with Crippen LogP contribution in [0.1, 0.15) is 39.3 Å². The third-order valence-electron chi connectivity index (χ3n) is 2.51. The fourth-order valence-corrected chi connectivity index (χ4v) is 1.26. The molecule has 0 aliphatic heterocycles. The molecule has 0 amide bonds. The minimum atomic E-state index is 0.276. The highest BCUT2D eigenvalue weighted by Gasteiger charge is 2.04. The summed E-state index contributed by atoms with van der Waals surface area (Å²) < 4.78 is 0. The molecule has 14 heavy (non-hydrogen) atoms. The second-order valence-corrected chi connectivity index (χ2v) is 4.01. The van der Waals surface area contributed by atoms with Gasteiger partial charge in [0.2, 0.25) is 0 Å². The molecule has 0 bridgehead atoms. The molecule has 1 aromatic rings. The second kappa shape index (κ2) is 4.94. The van der Waals surface area contributed by atoms with Gasteiger partial charge in [-0.25, -0.2) is 0 Å². The zero-order valence-electron chi connectivity index (χ0n) is 9.49. The Labute approximate surface area is 86.9 Å². The van der Waals surface area contributed by atoms with Gasteiger partial charge in [0.15, 0.2) is 0 Å². The average Bonchev–Trinajstić information content (AvgIpc) is 2.19. The van der Waals surface area contributed by atoms with Gasteiger partial charge in [-0.1, -0.05) is 44.2 Å². The van der Waals surface area contributed by atoms with E-state index in [1.165, 1.54) is 11.3 Å².